The van der Waals surface area contributed by atoms with Crippen LogP contribution < -0.4 is 4.74 Å². The van der Waals surface area contributed by atoms with Gasteiger partial charge in [0.05, 0.1) is 11.3 Å². The Labute approximate surface area is 220 Å². The molecule has 1 N–H and O–H groups in total. The lowest BCUT2D eigenvalue weighted by atomic mass is 10.0. The molecule has 1 saturated heterocycles. The summed E-state index contributed by atoms with van der Waals surface area (Å²) in [6.45, 7) is 3.08. The van der Waals surface area contributed by atoms with E-state index in [0.717, 1.165) is 16.8 Å². The fraction of sp³-hybridized carbons (Fsp3) is 0.200. The molecule has 2 heterocycles. The van der Waals surface area contributed by atoms with E-state index in [9.17, 15) is 14.4 Å². The van der Waals surface area contributed by atoms with Crippen LogP contribution in [0, 0.1) is 0 Å². The smallest absolute Gasteiger partial charge is 0.295 e. The van der Waals surface area contributed by atoms with Crippen molar-refractivity contribution in [2.24, 2.45) is 0 Å². The van der Waals surface area contributed by atoms with Crippen LogP contribution in [0.5, 0.6) is 5.75 Å². The number of carbonyl (C=O) groups excluding carboxylic acids is 3. The summed E-state index contributed by atoms with van der Waals surface area (Å²) in [6, 6.07) is 25.3. The van der Waals surface area contributed by atoms with Gasteiger partial charge in [-0.1, -0.05) is 54.6 Å². The van der Waals surface area contributed by atoms with Crippen molar-refractivity contribution >= 4 is 17.6 Å². The summed E-state index contributed by atoms with van der Waals surface area (Å²) in [5, 5.41) is 6.90. The molecule has 38 heavy (non-hydrogen) atoms. The van der Waals surface area contributed by atoms with Gasteiger partial charge in [-0.3, -0.25) is 19.5 Å². The number of H-pyrrole nitrogens is 1. The van der Waals surface area contributed by atoms with Gasteiger partial charge in [-0.15, -0.1) is 0 Å². The Hall–Kier alpha value is -4.72. The molecule has 1 atom stereocenters. The standard InChI is InChI=1S/C30H28N4O4/c1-21-19-33(29(36)23-10-6-3-7-11-23)16-17-34(21)30(37)28(35)25-13-12-24(26-14-15-31-32-26)18-27(25)38-20-22-8-4-2-5-9-22/h2-15,18,21H,16-17,19-20H2,1H3,(H,31,32)/t21-/m1/s1. The van der Waals surface area contributed by atoms with Crippen LogP contribution >= 0.6 is 0 Å². The van der Waals surface area contributed by atoms with Crippen molar-refractivity contribution in [3.05, 3.63) is 108 Å². The quantitative estimate of drug-likeness (QED) is 0.298. The first kappa shape index (κ1) is 25.0. The highest BCUT2D eigenvalue weighted by molar-refractivity contribution is 6.43. The zero-order valence-corrected chi connectivity index (χ0v) is 21.0. The summed E-state index contributed by atoms with van der Waals surface area (Å²) in [4.78, 5) is 43.0. The summed E-state index contributed by atoms with van der Waals surface area (Å²) in [5.74, 6) is -1.01. The molecule has 1 fully saturated rings. The summed E-state index contributed by atoms with van der Waals surface area (Å²) in [6.07, 6.45) is 1.64. The fourth-order valence-corrected chi connectivity index (χ4v) is 4.60. The summed E-state index contributed by atoms with van der Waals surface area (Å²) in [5.41, 5.74) is 3.30. The predicted octanol–water partition coefficient (Wildman–Crippen LogP) is 4.21. The maximum atomic E-state index is 13.5. The van der Waals surface area contributed by atoms with Gasteiger partial charge in [0.2, 0.25) is 0 Å². The van der Waals surface area contributed by atoms with Crippen LogP contribution in [0.15, 0.2) is 91.1 Å². The molecular weight excluding hydrogens is 480 g/mol. The zero-order valence-electron chi connectivity index (χ0n) is 21.0. The van der Waals surface area contributed by atoms with Crippen LogP contribution in [0.1, 0.15) is 33.2 Å². The van der Waals surface area contributed by atoms with Crippen LogP contribution in [0.2, 0.25) is 0 Å². The van der Waals surface area contributed by atoms with Gasteiger partial charge in [-0.05, 0) is 42.8 Å². The average Bonchev–Trinajstić information content (AvgIpc) is 3.51. The molecule has 8 heteroatoms. The number of ether oxygens (including phenoxy) is 1. The largest absolute Gasteiger partial charge is 0.488 e. The lowest BCUT2D eigenvalue weighted by molar-refractivity contribution is -0.130. The molecule has 4 aromatic rings. The Kier molecular flexibility index (Phi) is 7.31. The molecule has 1 aliphatic heterocycles. The van der Waals surface area contributed by atoms with E-state index in [1.807, 2.05) is 61.5 Å². The summed E-state index contributed by atoms with van der Waals surface area (Å²) < 4.78 is 6.07. The number of piperazine rings is 1. The summed E-state index contributed by atoms with van der Waals surface area (Å²) >= 11 is 0. The molecule has 0 spiro atoms. The van der Waals surface area contributed by atoms with Gasteiger partial charge in [0.15, 0.2) is 0 Å². The first-order valence-electron chi connectivity index (χ1n) is 12.5. The van der Waals surface area contributed by atoms with Crippen molar-refractivity contribution in [3.63, 3.8) is 0 Å². The van der Waals surface area contributed by atoms with E-state index in [4.69, 9.17) is 4.74 Å². The number of amides is 2. The number of benzene rings is 3. The van der Waals surface area contributed by atoms with Crippen molar-refractivity contribution in [2.75, 3.05) is 19.6 Å². The van der Waals surface area contributed by atoms with Crippen molar-refractivity contribution in [1.82, 2.24) is 20.0 Å². The number of hydrogen-bond acceptors (Lipinski definition) is 5. The van der Waals surface area contributed by atoms with Crippen LogP contribution in [0.4, 0.5) is 0 Å². The number of carbonyl (C=O) groups is 3. The number of aromatic nitrogens is 2. The van der Waals surface area contributed by atoms with E-state index >= 15 is 0 Å². The lowest BCUT2D eigenvalue weighted by Gasteiger charge is -2.39. The van der Waals surface area contributed by atoms with Gasteiger partial charge >= 0.3 is 0 Å². The first-order chi connectivity index (χ1) is 18.5. The van der Waals surface area contributed by atoms with Gasteiger partial charge in [-0.25, -0.2) is 0 Å². The lowest BCUT2D eigenvalue weighted by Crippen LogP contribution is -2.56. The Balaban J connectivity index is 1.34. The fourth-order valence-electron chi connectivity index (χ4n) is 4.60. The Bertz CT molecular complexity index is 1420. The highest BCUT2D eigenvalue weighted by Gasteiger charge is 2.34. The van der Waals surface area contributed by atoms with Gasteiger partial charge in [0, 0.05) is 43.0 Å². The predicted molar refractivity (Wildman–Crippen MR) is 143 cm³/mol. The third-order valence-corrected chi connectivity index (χ3v) is 6.67. The van der Waals surface area contributed by atoms with Crippen LogP contribution in [0.3, 0.4) is 0 Å². The summed E-state index contributed by atoms with van der Waals surface area (Å²) in [7, 11) is 0. The third kappa shape index (κ3) is 5.34. The van der Waals surface area contributed by atoms with Gasteiger partial charge in [0.25, 0.3) is 17.6 Å². The molecule has 3 aromatic carbocycles. The number of nitrogens with one attached hydrogen (secondary N) is 1. The second-order valence-corrected chi connectivity index (χ2v) is 9.25. The Morgan fingerprint density at radius 1 is 0.947 bits per heavy atom. The van der Waals surface area contributed by atoms with Crippen molar-refractivity contribution in [1.29, 1.82) is 0 Å². The minimum absolute atomic E-state index is 0.0816. The minimum Gasteiger partial charge on any atom is -0.488 e. The normalized spacial score (nSPS) is 15.2. The van der Waals surface area contributed by atoms with E-state index in [1.165, 1.54) is 0 Å². The molecule has 0 unspecified atom stereocenters. The SMILES string of the molecule is C[C@@H]1CN(C(=O)c2ccccc2)CCN1C(=O)C(=O)c1ccc(-c2ccn[nH]2)cc1OCc1ccccc1. The second kappa shape index (κ2) is 11.1. The maximum absolute atomic E-state index is 13.5. The Morgan fingerprint density at radius 3 is 2.37 bits per heavy atom. The highest BCUT2D eigenvalue weighted by atomic mass is 16.5. The molecule has 0 bridgehead atoms. The number of ketones is 1. The van der Waals surface area contributed by atoms with E-state index in [-0.39, 0.29) is 30.7 Å². The monoisotopic (exact) mass is 508 g/mol. The molecule has 2 amide bonds. The highest BCUT2D eigenvalue weighted by Crippen LogP contribution is 2.28. The van der Waals surface area contributed by atoms with E-state index in [2.05, 4.69) is 10.2 Å². The van der Waals surface area contributed by atoms with Crippen LogP contribution in [-0.4, -0.2) is 63.3 Å². The topological polar surface area (TPSA) is 95.6 Å². The molecule has 5 rings (SSSR count). The van der Waals surface area contributed by atoms with E-state index in [1.54, 1.807) is 46.3 Å². The van der Waals surface area contributed by atoms with Crippen LogP contribution in [0.25, 0.3) is 11.3 Å². The zero-order chi connectivity index (χ0) is 26.5. The number of rotatable bonds is 7. The molecule has 0 aliphatic carbocycles. The van der Waals surface area contributed by atoms with E-state index in [0.29, 0.717) is 24.4 Å². The van der Waals surface area contributed by atoms with Crippen LogP contribution in [-0.2, 0) is 11.4 Å². The Morgan fingerprint density at radius 2 is 1.68 bits per heavy atom. The van der Waals surface area contributed by atoms with Gasteiger partial charge in [-0.2, -0.15) is 5.10 Å². The minimum atomic E-state index is -0.640. The molecule has 8 nitrogen and oxygen atoms in total. The first-order valence-corrected chi connectivity index (χ1v) is 12.5. The van der Waals surface area contributed by atoms with Crippen molar-refractivity contribution < 1.29 is 19.1 Å². The molecular formula is C30H28N4O4. The number of hydrogen-bond donors (Lipinski definition) is 1. The molecule has 192 valence electrons. The maximum Gasteiger partial charge on any atom is 0.295 e. The molecule has 0 saturated carbocycles. The van der Waals surface area contributed by atoms with E-state index < -0.39 is 11.7 Å². The average molecular weight is 509 g/mol. The molecule has 1 aliphatic rings. The van der Waals surface area contributed by atoms with Gasteiger partial charge < -0.3 is 14.5 Å². The van der Waals surface area contributed by atoms with Crippen molar-refractivity contribution in [3.8, 4) is 17.0 Å². The number of Topliss-reactive ketones (excluding diaryl/α,β-unsaturated/α-hetero) is 1. The molecule has 1 aromatic heterocycles. The number of aromatic amines is 1. The number of nitrogens with zero attached hydrogens (tertiary/aromatic N) is 3. The van der Waals surface area contributed by atoms with Crippen molar-refractivity contribution in [2.45, 2.75) is 19.6 Å². The third-order valence-electron chi connectivity index (χ3n) is 6.67. The molecule has 0 radical (unpaired) electrons. The van der Waals surface area contributed by atoms with Gasteiger partial charge in [0.1, 0.15) is 12.4 Å². The second-order valence-electron chi connectivity index (χ2n) is 9.25.